The third-order valence-electron chi connectivity index (χ3n) is 16.4. The molecule has 0 spiro atoms. The molecule has 0 aromatic heterocycles. The average Bonchev–Trinajstić information content (AvgIpc) is 1.98. The van der Waals surface area contributed by atoms with Gasteiger partial charge in [-0.05, 0) is 25.7 Å². The van der Waals surface area contributed by atoms with Gasteiger partial charge in [-0.1, -0.05) is 25.2 Å². The van der Waals surface area contributed by atoms with Crippen LogP contribution in [0.1, 0.15) is 98.4 Å². The van der Waals surface area contributed by atoms with Crippen LogP contribution in [0.15, 0.2) is 309 Å². The zero-order chi connectivity index (χ0) is 61.9. The van der Waals surface area contributed by atoms with Gasteiger partial charge in [-0.15, -0.1) is 64.6 Å². The Morgan fingerprint density at radius 3 is 0.814 bits per heavy atom. The van der Waals surface area contributed by atoms with Crippen LogP contribution in [0.4, 0.5) is 0 Å². The first-order valence-electron chi connectivity index (χ1n) is 31.6. The summed E-state index contributed by atoms with van der Waals surface area (Å²) in [5, 5.41) is 0. The van der Waals surface area contributed by atoms with E-state index >= 15 is 0 Å². The van der Waals surface area contributed by atoms with Gasteiger partial charge in [-0.2, -0.15) is 294 Å². The van der Waals surface area contributed by atoms with Gasteiger partial charge in [0, 0.05) is 81.7 Å². The minimum atomic E-state index is 0. The van der Waals surface area contributed by atoms with Crippen LogP contribution in [0.5, 0.6) is 0 Å². The maximum atomic E-state index is 3.54. The van der Waals surface area contributed by atoms with Crippen molar-refractivity contribution in [3.8, 4) is 44.5 Å². The molecule has 4 heteroatoms. The van der Waals surface area contributed by atoms with Gasteiger partial charge in [-0.3, -0.25) is 18.2 Å². The smallest absolute Gasteiger partial charge is 0 e. The van der Waals surface area contributed by atoms with Crippen molar-refractivity contribution < 1.29 is 81.7 Å². The molecule has 0 N–H and O–H groups in total. The Hall–Kier alpha value is -8.27. The molecule has 0 nitrogen and oxygen atoms in total. The predicted octanol–water partition coefficient (Wildman–Crippen LogP) is 21.9. The normalized spacial score (nSPS) is 14.6. The number of allylic oxidation sites excluding steroid dienone is 16. The minimum absolute atomic E-state index is 0. The largest absolute Gasteiger partial charge is 0.267 e. The standard InChI is InChI=1S/4C23H16.CH4.4Pd/c4*1-2-10-20(9-1)22-13-5-7-18(16-22)15-19-8-6-14-23(17-19)21-11-3-4-12-21;;;;;/h1-9,11,13-14,20-21H,15H2;1-10,13-14H,11,15H2;1-11,13-14,21H,15H2;1-14H,15H2;1H4;;;;/q4*-4;;;;;. The molecule has 4 aliphatic carbocycles. The van der Waals surface area contributed by atoms with Crippen molar-refractivity contribution in [2.75, 3.05) is 0 Å². The van der Waals surface area contributed by atoms with Crippen LogP contribution in [0.25, 0.3) is 50.1 Å². The molecule has 3 atom stereocenters. The van der Waals surface area contributed by atoms with Gasteiger partial charge in [0.2, 0.25) is 0 Å². The van der Waals surface area contributed by atoms with E-state index in [2.05, 4.69) is 340 Å². The molecule has 0 saturated heterocycles. The van der Waals surface area contributed by atoms with Crippen molar-refractivity contribution in [2.45, 2.75) is 57.3 Å². The zero-order valence-electron chi connectivity index (χ0n) is 52.5. The third-order valence-corrected chi connectivity index (χ3v) is 16.4. The van der Waals surface area contributed by atoms with Gasteiger partial charge in [0.1, 0.15) is 0 Å². The molecule has 4 aliphatic rings. The molecule has 3 unspecified atom stereocenters. The monoisotopic (exact) mass is 1610 g/mol. The van der Waals surface area contributed by atoms with Gasteiger partial charge < -0.3 is 0 Å². The van der Waals surface area contributed by atoms with Gasteiger partial charge in [0.15, 0.2) is 0 Å². The number of hydrogen-bond donors (Lipinski definition) is 0. The van der Waals surface area contributed by atoms with E-state index in [0.29, 0.717) is 0 Å². The zero-order valence-corrected chi connectivity index (χ0v) is 58.7. The van der Waals surface area contributed by atoms with E-state index in [1.165, 1.54) is 89.0 Å². The molecule has 97 heavy (non-hydrogen) atoms. The number of benzene rings is 8. The van der Waals surface area contributed by atoms with Gasteiger partial charge in [0.05, 0.1) is 0 Å². The van der Waals surface area contributed by atoms with Crippen LogP contribution >= 0.6 is 0 Å². The van der Waals surface area contributed by atoms with Crippen LogP contribution in [-0.4, -0.2) is 0 Å². The Balaban J connectivity index is 0.000000162. The Bertz CT molecular complexity index is 4430. The summed E-state index contributed by atoms with van der Waals surface area (Å²) in [6, 6.07) is 113. The molecule has 0 saturated carbocycles. The Kier molecular flexibility index (Phi) is 29.2. The summed E-state index contributed by atoms with van der Waals surface area (Å²) in [7, 11) is 0. The fraction of sp³-hybridized carbons (Fsp3) is 0.0968. The first kappa shape index (κ1) is 74.5. The molecule has 12 aromatic carbocycles. The molecule has 0 bridgehead atoms. The second-order valence-electron chi connectivity index (χ2n) is 23.1. The van der Waals surface area contributed by atoms with Gasteiger partial charge in [0.25, 0.3) is 0 Å². The molecular formula is C93H68Pd4-16. The fourth-order valence-electron chi connectivity index (χ4n) is 11.8. The molecule has 0 aliphatic heterocycles. The van der Waals surface area contributed by atoms with E-state index in [4.69, 9.17) is 0 Å². The molecule has 16 rings (SSSR count). The molecule has 12 aromatic rings. The molecular weight excluding hydrogens is 1540 g/mol. The van der Waals surface area contributed by atoms with E-state index in [1.807, 2.05) is 42.5 Å². The molecule has 0 amide bonds. The van der Waals surface area contributed by atoms with Crippen molar-refractivity contribution in [1.29, 1.82) is 0 Å². The first-order valence-corrected chi connectivity index (χ1v) is 31.6. The van der Waals surface area contributed by atoms with Crippen molar-refractivity contribution in [2.24, 2.45) is 0 Å². The topological polar surface area (TPSA) is 0 Å². The number of hydrogen-bond acceptors (Lipinski definition) is 0. The summed E-state index contributed by atoms with van der Waals surface area (Å²) >= 11 is 0. The third kappa shape index (κ3) is 20.9. The van der Waals surface area contributed by atoms with E-state index in [0.717, 1.165) is 59.9 Å². The minimum Gasteiger partial charge on any atom is -0.267 e. The summed E-state index contributed by atoms with van der Waals surface area (Å²) in [5.41, 5.74) is 25.0. The van der Waals surface area contributed by atoms with Gasteiger partial charge >= 0.3 is 0 Å². The quantitative estimate of drug-likeness (QED) is 0.0668. The van der Waals surface area contributed by atoms with Crippen molar-refractivity contribution >= 4 is 5.57 Å². The Labute approximate surface area is 632 Å². The maximum Gasteiger partial charge on any atom is 0 e. The summed E-state index contributed by atoms with van der Waals surface area (Å²) in [6.45, 7) is 0. The van der Waals surface area contributed by atoms with Gasteiger partial charge in [-0.25, -0.2) is 129 Å². The second-order valence-corrected chi connectivity index (χ2v) is 23.1. The summed E-state index contributed by atoms with van der Waals surface area (Å²) in [4.78, 5) is 0. The van der Waals surface area contributed by atoms with Crippen LogP contribution in [-0.2, 0) is 107 Å². The van der Waals surface area contributed by atoms with E-state index in [1.54, 1.807) is 0 Å². The van der Waals surface area contributed by atoms with Crippen molar-refractivity contribution in [1.82, 2.24) is 0 Å². The SMILES string of the molecule is C.[C-]1=C(c2[c-]c(Cc3[c-]c(-c4ccc[cH-]4)ccc3)ccc2)CC=C1.[C-]1=CC=CC1c1[c-]c(Cc2[c-]c(-c3ccc[cH-]3)ccc2)ccc1.[C-]1=CC=CC1c1[c-]c(Cc2[c-]c(C3[C-]=CC=C3)ccc2)ccc1.[Pd].[Pd].[Pd].[Pd].[c-]1c(Cc2[c-]c(-c3ccc[cH-]3)ccc2)cccc1-c1ccc[cH-]1. The molecule has 496 valence electrons. The van der Waals surface area contributed by atoms with Crippen molar-refractivity contribution in [3.05, 3.63) is 449 Å². The summed E-state index contributed by atoms with van der Waals surface area (Å²) in [5.74, 6) is 0.733. The van der Waals surface area contributed by atoms with Crippen LogP contribution in [0, 0.1) is 72.8 Å². The van der Waals surface area contributed by atoms with Crippen LogP contribution in [0.2, 0.25) is 0 Å². The number of rotatable bonds is 16. The Morgan fingerprint density at radius 1 is 0.299 bits per heavy atom. The van der Waals surface area contributed by atoms with E-state index in [9.17, 15) is 0 Å². The molecule has 0 radical (unpaired) electrons. The molecule has 0 heterocycles. The molecule has 0 fully saturated rings. The Morgan fingerprint density at radius 2 is 0.567 bits per heavy atom. The maximum absolute atomic E-state index is 3.54. The summed E-state index contributed by atoms with van der Waals surface area (Å²) < 4.78 is 0. The van der Waals surface area contributed by atoms with Crippen LogP contribution < -0.4 is 0 Å². The van der Waals surface area contributed by atoms with Crippen molar-refractivity contribution in [3.63, 3.8) is 0 Å². The van der Waals surface area contributed by atoms with E-state index in [-0.39, 0.29) is 107 Å². The predicted molar refractivity (Wildman–Crippen MR) is 384 cm³/mol. The first-order chi connectivity index (χ1) is 45.5. The average molecular weight is 1610 g/mol. The fourth-order valence-corrected chi connectivity index (χ4v) is 11.8. The summed E-state index contributed by atoms with van der Waals surface area (Å²) in [6.07, 6.45) is 40.2. The second kappa shape index (κ2) is 38.0. The van der Waals surface area contributed by atoms with Crippen LogP contribution in [0.3, 0.4) is 0 Å². The van der Waals surface area contributed by atoms with E-state index < -0.39 is 0 Å².